The van der Waals surface area contributed by atoms with Crippen LogP contribution >= 0.6 is 0 Å². The smallest absolute Gasteiger partial charge is 0.386 e. The Balaban J connectivity index is 2.81. The summed E-state index contributed by atoms with van der Waals surface area (Å²) in [7, 11) is 1.57. The molecule has 0 aromatic heterocycles. The molecule has 114 valence electrons. The average Bonchev–Trinajstić information content (AvgIpc) is 2.97. The van der Waals surface area contributed by atoms with E-state index in [0.717, 1.165) is 13.1 Å². The highest BCUT2D eigenvalue weighted by Gasteiger charge is 2.51. The van der Waals surface area contributed by atoms with Crippen LogP contribution in [0.25, 0.3) is 0 Å². The summed E-state index contributed by atoms with van der Waals surface area (Å²) in [5.74, 6) is 0. The maximum absolute atomic E-state index is 6.07. The molecular weight excluding hydrogens is 254 g/mol. The molecule has 0 spiro atoms. The van der Waals surface area contributed by atoms with Crippen molar-refractivity contribution in [3.8, 4) is 0 Å². The predicted octanol–water partition coefficient (Wildman–Crippen LogP) is 4.06. The summed E-state index contributed by atoms with van der Waals surface area (Å²) in [6, 6.07) is 0. The second kappa shape index (κ2) is 9.11. The minimum atomic E-state index is -2.18. The topological polar surface area (TPSA) is 21.7 Å². The maximum Gasteiger partial charge on any atom is 0.430 e. The van der Waals surface area contributed by atoms with Crippen LogP contribution in [0.15, 0.2) is 0 Å². The van der Waals surface area contributed by atoms with Crippen molar-refractivity contribution in [2.45, 2.75) is 70.8 Å². The Labute approximate surface area is 121 Å². The molecule has 4 heteroatoms. The van der Waals surface area contributed by atoms with Crippen LogP contribution in [0.4, 0.5) is 0 Å². The van der Waals surface area contributed by atoms with Gasteiger partial charge in [0.1, 0.15) is 0 Å². The van der Waals surface area contributed by atoms with Crippen molar-refractivity contribution < 1.29 is 8.85 Å². The van der Waals surface area contributed by atoms with E-state index in [1.165, 1.54) is 51.4 Å². The van der Waals surface area contributed by atoms with Crippen molar-refractivity contribution in [2.75, 3.05) is 27.3 Å². The summed E-state index contributed by atoms with van der Waals surface area (Å²) in [6.07, 6.45) is 10.3. The standard InChI is InChI=1S/C15H33NO2Si/c1-5-7-13-16(14-8-6-2)19(17-3,18-4)15-11-9-10-12-15/h15H,5-14H2,1-4H3. The first kappa shape index (κ1) is 17.1. The fraction of sp³-hybridized carbons (Fsp3) is 1.00. The summed E-state index contributed by atoms with van der Waals surface area (Å²) >= 11 is 0. The second-order valence-electron chi connectivity index (χ2n) is 5.71. The number of nitrogens with zero attached hydrogens (tertiary/aromatic N) is 1. The fourth-order valence-electron chi connectivity index (χ4n) is 3.35. The monoisotopic (exact) mass is 287 g/mol. The molecule has 19 heavy (non-hydrogen) atoms. The minimum absolute atomic E-state index is 0.663. The molecule has 3 nitrogen and oxygen atoms in total. The lowest BCUT2D eigenvalue weighted by atomic mass is 10.3. The van der Waals surface area contributed by atoms with E-state index in [2.05, 4.69) is 18.4 Å². The zero-order valence-corrected chi connectivity index (χ0v) is 14.4. The van der Waals surface area contributed by atoms with Gasteiger partial charge >= 0.3 is 8.72 Å². The Kier molecular flexibility index (Phi) is 8.22. The average molecular weight is 288 g/mol. The molecule has 0 bridgehead atoms. The predicted molar refractivity (Wildman–Crippen MR) is 83.4 cm³/mol. The molecule has 0 aromatic carbocycles. The van der Waals surface area contributed by atoms with Crippen molar-refractivity contribution in [1.29, 1.82) is 0 Å². The van der Waals surface area contributed by atoms with E-state index in [0.29, 0.717) is 5.54 Å². The third-order valence-corrected chi connectivity index (χ3v) is 8.57. The quantitative estimate of drug-likeness (QED) is 0.565. The number of unbranched alkanes of at least 4 members (excludes halogenated alkanes) is 2. The van der Waals surface area contributed by atoms with E-state index in [1.54, 1.807) is 0 Å². The molecular formula is C15H33NO2Si. The van der Waals surface area contributed by atoms with Gasteiger partial charge in [0.05, 0.1) is 0 Å². The van der Waals surface area contributed by atoms with Crippen LogP contribution in [0.1, 0.15) is 65.2 Å². The van der Waals surface area contributed by atoms with Gasteiger partial charge in [0.15, 0.2) is 0 Å². The fourth-order valence-corrected chi connectivity index (χ4v) is 7.29. The van der Waals surface area contributed by atoms with E-state index in [1.807, 2.05) is 14.2 Å². The zero-order chi connectivity index (χ0) is 14.1. The van der Waals surface area contributed by atoms with Crippen molar-refractivity contribution in [1.82, 2.24) is 4.57 Å². The third kappa shape index (κ3) is 4.28. The molecule has 1 rings (SSSR count). The lowest BCUT2D eigenvalue weighted by Crippen LogP contribution is -2.60. The molecule has 1 fully saturated rings. The van der Waals surface area contributed by atoms with Gasteiger partial charge in [0.2, 0.25) is 0 Å². The number of hydrogen-bond acceptors (Lipinski definition) is 3. The van der Waals surface area contributed by atoms with Crippen LogP contribution in [-0.4, -0.2) is 40.6 Å². The van der Waals surface area contributed by atoms with E-state index in [4.69, 9.17) is 8.85 Å². The molecule has 0 heterocycles. The molecule has 0 aromatic rings. The molecule has 0 unspecified atom stereocenters. The molecule has 0 aliphatic heterocycles. The summed E-state index contributed by atoms with van der Waals surface area (Å²) in [5, 5.41) is 0. The number of hydrogen-bond donors (Lipinski definition) is 0. The first-order chi connectivity index (χ1) is 9.25. The lowest BCUT2D eigenvalue weighted by molar-refractivity contribution is 0.146. The van der Waals surface area contributed by atoms with Crippen LogP contribution in [0, 0.1) is 0 Å². The zero-order valence-electron chi connectivity index (χ0n) is 13.4. The molecule has 0 N–H and O–H groups in total. The van der Waals surface area contributed by atoms with Crippen LogP contribution in [0.3, 0.4) is 0 Å². The Morgan fingerprint density at radius 1 is 0.947 bits per heavy atom. The molecule has 0 saturated heterocycles. The van der Waals surface area contributed by atoms with Crippen molar-refractivity contribution >= 4 is 8.72 Å². The van der Waals surface area contributed by atoms with Gasteiger partial charge in [0.25, 0.3) is 0 Å². The molecule has 0 atom stereocenters. The molecule has 1 aliphatic rings. The van der Waals surface area contributed by atoms with Gasteiger partial charge in [-0.25, -0.2) is 0 Å². The Bertz CT molecular complexity index is 220. The summed E-state index contributed by atoms with van der Waals surface area (Å²) in [4.78, 5) is 0. The van der Waals surface area contributed by atoms with E-state index in [9.17, 15) is 0 Å². The van der Waals surface area contributed by atoms with Crippen LogP contribution in [0.5, 0.6) is 0 Å². The SMILES string of the molecule is CCCCN(CCCC)[Si](OC)(OC)C1CCCC1. The van der Waals surface area contributed by atoms with E-state index < -0.39 is 8.72 Å². The first-order valence-corrected chi connectivity index (χ1v) is 9.94. The Morgan fingerprint density at radius 2 is 1.42 bits per heavy atom. The van der Waals surface area contributed by atoms with Gasteiger partial charge in [-0.3, -0.25) is 4.57 Å². The van der Waals surface area contributed by atoms with Gasteiger partial charge < -0.3 is 8.85 Å². The third-order valence-electron chi connectivity index (χ3n) is 4.46. The first-order valence-electron chi connectivity index (χ1n) is 8.10. The minimum Gasteiger partial charge on any atom is -0.386 e. The molecule has 1 aliphatic carbocycles. The largest absolute Gasteiger partial charge is 0.430 e. The Hall–Kier alpha value is 0.0969. The highest BCUT2D eigenvalue weighted by atomic mass is 28.4. The summed E-state index contributed by atoms with van der Waals surface area (Å²) < 4.78 is 14.7. The molecule has 0 radical (unpaired) electrons. The van der Waals surface area contributed by atoms with Crippen molar-refractivity contribution in [3.63, 3.8) is 0 Å². The van der Waals surface area contributed by atoms with E-state index in [-0.39, 0.29) is 0 Å². The highest BCUT2D eigenvalue weighted by molar-refractivity contribution is 6.66. The summed E-state index contributed by atoms with van der Waals surface area (Å²) in [5.41, 5.74) is 0.663. The van der Waals surface area contributed by atoms with Gasteiger partial charge in [-0.15, -0.1) is 0 Å². The van der Waals surface area contributed by atoms with Gasteiger partial charge in [-0.2, -0.15) is 0 Å². The van der Waals surface area contributed by atoms with Gasteiger partial charge in [-0.1, -0.05) is 39.5 Å². The van der Waals surface area contributed by atoms with E-state index >= 15 is 0 Å². The van der Waals surface area contributed by atoms with Gasteiger partial charge in [-0.05, 0) is 38.8 Å². The second-order valence-corrected chi connectivity index (χ2v) is 9.24. The van der Waals surface area contributed by atoms with Crippen molar-refractivity contribution in [3.05, 3.63) is 0 Å². The summed E-state index contributed by atoms with van der Waals surface area (Å²) in [6.45, 7) is 6.80. The van der Waals surface area contributed by atoms with Crippen LogP contribution in [-0.2, 0) is 8.85 Å². The molecule has 1 saturated carbocycles. The molecule has 0 amide bonds. The lowest BCUT2D eigenvalue weighted by Gasteiger charge is -2.42. The van der Waals surface area contributed by atoms with Gasteiger partial charge in [0, 0.05) is 19.8 Å². The maximum atomic E-state index is 6.07. The van der Waals surface area contributed by atoms with Crippen molar-refractivity contribution in [2.24, 2.45) is 0 Å². The Morgan fingerprint density at radius 3 is 1.79 bits per heavy atom. The number of rotatable bonds is 10. The normalized spacial score (nSPS) is 17.5. The highest BCUT2D eigenvalue weighted by Crippen LogP contribution is 2.41. The van der Waals surface area contributed by atoms with Crippen LogP contribution in [0.2, 0.25) is 5.54 Å². The van der Waals surface area contributed by atoms with Crippen LogP contribution < -0.4 is 0 Å².